The van der Waals surface area contributed by atoms with E-state index in [1.165, 1.54) is 4.90 Å². The van der Waals surface area contributed by atoms with Gasteiger partial charge >= 0.3 is 0 Å². The van der Waals surface area contributed by atoms with E-state index in [-0.39, 0.29) is 11.8 Å². The Morgan fingerprint density at radius 2 is 1.50 bits per heavy atom. The molecule has 1 fully saturated rings. The molecule has 0 radical (unpaired) electrons. The lowest BCUT2D eigenvalue weighted by Gasteiger charge is -2.31. The predicted molar refractivity (Wildman–Crippen MR) is 110 cm³/mol. The zero-order valence-electron chi connectivity index (χ0n) is 15.2. The maximum atomic E-state index is 13.2. The fourth-order valence-corrected chi connectivity index (χ4v) is 4.30. The van der Waals surface area contributed by atoms with Gasteiger partial charge in [-0.2, -0.15) is 0 Å². The topological polar surface area (TPSA) is 57.2 Å². The maximum Gasteiger partial charge on any atom is 0.265 e. The van der Waals surface area contributed by atoms with Crippen molar-refractivity contribution in [1.29, 1.82) is 0 Å². The molecule has 0 spiro atoms. The lowest BCUT2D eigenvalue weighted by Crippen LogP contribution is -2.89. The number of hydrogen-bond donors (Lipinski definition) is 1. The van der Waals surface area contributed by atoms with Crippen molar-refractivity contribution in [3.63, 3.8) is 0 Å². The summed E-state index contributed by atoms with van der Waals surface area (Å²) in [5, 5.41) is 4.59. The first-order valence-electron chi connectivity index (χ1n) is 9.42. The highest BCUT2D eigenvalue weighted by Gasteiger charge is 2.34. The Kier molecular flexibility index (Phi) is 4.07. The Balaban J connectivity index is 1.68. The Morgan fingerprint density at radius 1 is 0.821 bits per heavy atom. The highest BCUT2D eigenvalue weighted by Crippen LogP contribution is 2.37. The molecule has 2 aliphatic rings. The number of anilines is 2. The second-order valence-electron chi connectivity index (χ2n) is 7.14. The third-order valence-corrected chi connectivity index (χ3v) is 5.77. The molecule has 2 amide bonds. The molecule has 2 aliphatic heterocycles. The second kappa shape index (κ2) is 6.62. The van der Waals surface area contributed by atoms with Crippen LogP contribution in [0.25, 0.3) is 10.8 Å². The first kappa shape index (κ1) is 17.2. The van der Waals surface area contributed by atoms with Crippen LogP contribution < -0.4 is 15.1 Å². The van der Waals surface area contributed by atoms with Gasteiger partial charge in [-0.05, 0) is 42.5 Å². The highest BCUT2D eigenvalue weighted by molar-refractivity contribution is 6.36. The molecule has 5 nitrogen and oxygen atoms in total. The van der Waals surface area contributed by atoms with Gasteiger partial charge in [0.2, 0.25) is 0 Å². The number of amides is 2. The van der Waals surface area contributed by atoms with Crippen molar-refractivity contribution in [3.05, 3.63) is 70.7 Å². The molecule has 140 valence electrons. The minimum atomic E-state index is -0.297. The molecule has 0 saturated carbocycles. The van der Waals surface area contributed by atoms with Crippen molar-refractivity contribution in [3.8, 4) is 0 Å². The van der Waals surface area contributed by atoms with Gasteiger partial charge in [-0.15, -0.1) is 0 Å². The largest absolute Gasteiger partial charge is 0.360 e. The van der Waals surface area contributed by atoms with Gasteiger partial charge in [0.1, 0.15) is 0 Å². The van der Waals surface area contributed by atoms with E-state index in [1.54, 1.807) is 30.3 Å². The standard InChI is InChI=1S/C22H18ClN3O2/c23-14-4-6-15(7-5-14)26-21(27)17-3-1-2-16-19(25-12-10-24-11-13-25)9-8-18(20(16)17)22(26)28/h1-9,24H,10-13H2/p+1. The van der Waals surface area contributed by atoms with Crippen molar-refractivity contribution in [2.45, 2.75) is 0 Å². The summed E-state index contributed by atoms with van der Waals surface area (Å²) in [7, 11) is 0. The molecule has 0 aromatic heterocycles. The van der Waals surface area contributed by atoms with Crippen molar-refractivity contribution in [2.24, 2.45) is 0 Å². The van der Waals surface area contributed by atoms with Gasteiger partial charge in [0.15, 0.2) is 0 Å². The fourth-order valence-electron chi connectivity index (χ4n) is 4.17. The molecule has 0 bridgehead atoms. The van der Waals surface area contributed by atoms with Crippen LogP contribution >= 0.6 is 11.6 Å². The number of piperazine rings is 1. The minimum absolute atomic E-state index is 0.297. The Labute approximate surface area is 167 Å². The first-order chi connectivity index (χ1) is 13.6. The van der Waals surface area contributed by atoms with Crippen LogP contribution in [-0.4, -0.2) is 38.0 Å². The summed E-state index contributed by atoms with van der Waals surface area (Å²) >= 11 is 5.97. The summed E-state index contributed by atoms with van der Waals surface area (Å²) < 4.78 is 0. The van der Waals surface area contributed by atoms with Crippen molar-refractivity contribution >= 4 is 45.6 Å². The monoisotopic (exact) mass is 392 g/mol. The molecule has 3 aromatic carbocycles. The summed E-state index contributed by atoms with van der Waals surface area (Å²) in [6, 6.07) is 16.3. The molecule has 0 aliphatic carbocycles. The molecule has 3 aromatic rings. The van der Waals surface area contributed by atoms with Gasteiger partial charge in [-0.25, -0.2) is 4.90 Å². The van der Waals surface area contributed by atoms with Crippen LogP contribution in [0.5, 0.6) is 0 Å². The molecule has 5 rings (SSSR count). The van der Waals surface area contributed by atoms with E-state index in [2.05, 4.69) is 10.2 Å². The normalized spacial score (nSPS) is 16.8. The molecule has 2 heterocycles. The molecule has 1 saturated heterocycles. The average molecular weight is 393 g/mol. The molecule has 0 atom stereocenters. The van der Waals surface area contributed by atoms with Gasteiger partial charge in [-0.3, -0.25) is 9.59 Å². The Morgan fingerprint density at radius 3 is 2.21 bits per heavy atom. The lowest BCUT2D eigenvalue weighted by atomic mass is 9.92. The lowest BCUT2D eigenvalue weighted by molar-refractivity contribution is -0.655. The van der Waals surface area contributed by atoms with Crippen LogP contribution in [0.15, 0.2) is 54.6 Å². The molecular weight excluding hydrogens is 374 g/mol. The van der Waals surface area contributed by atoms with E-state index in [1.807, 2.05) is 24.3 Å². The van der Waals surface area contributed by atoms with Crippen molar-refractivity contribution < 1.29 is 14.9 Å². The number of nitrogens with zero attached hydrogens (tertiary/aromatic N) is 2. The van der Waals surface area contributed by atoms with Crippen LogP contribution in [0.3, 0.4) is 0 Å². The number of quaternary nitrogens is 1. The smallest absolute Gasteiger partial charge is 0.265 e. The van der Waals surface area contributed by atoms with Crippen LogP contribution in [0.2, 0.25) is 5.02 Å². The fraction of sp³-hybridized carbons (Fsp3) is 0.182. The van der Waals surface area contributed by atoms with E-state index in [0.29, 0.717) is 21.8 Å². The predicted octanol–water partition coefficient (Wildman–Crippen LogP) is 2.68. The number of nitrogens with two attached hydrogens (primary N) is 1. The quantitative estimate of drug-likeness (QED) is 0.682. The molecular formula is C22H19ClN3O2+. The third kappa shape index (κ3) is 2.58. The molecule has 6 heteroatoms. The summed E-state index contributed by atoms with van der Waals surface area (Å²) in [5.41, 5.74) is 2.74. The summed E-state index contributed by atoms with van der Waals surface area (Å²) in [6.45, 7) is 4.01. The number of benzene rings is 3. The van der Waals surface area contributed by atoms with Gasteiger partial charge < -0.3 is 10.2 Å². The number of halogens is 1. The second-order valence-corrected chi connectivity index (χ2v) is 7.57. The van der Waals surface area contributed by atoms with E-state index in [9.17, 15) is 9.59 Å². The van der Waals surface area contributed by atoms with Crippen LogP contribution in [0.1, 0.15) is 20.7 Å². The Bertz CT molecular complexity index is 1080. The van der Waals surface area contributed by atoms with Crippen LogP contribution in [0, 0.1) is 0 Å². The summed E-state index contributed by atoms with van der Waals surface area (Å²) in [5.74, 6) is -0.593. The summed E-state index contributed by atoms with van der Waals surface area (Å²) in [6.07, 6.45) is 0. The zero-order valence-corrected chi connectivity index (χ0v) is 15.9. The molecule has 2 N–H and O–H groups in total. The Hall–Kier alpha value is -2.89. The highest BCUT2D eigenvalue weighted by atomic mass is 35.5. The van der Waals surface area contributed by atoms with Gasteiger partial charge in [0, 0.05) is 32.6 Å². The number of hydrogen-bond acceptors (Lipinski definition) is 3. The van der Waals surface area contributed by atoms with Crippen molar-refractivity contribution in [2.75, 3.05) is 36.0 Å². The van der Waals surface area contributed by atoms with Crippen LogP contribution in [-0.2, 0) is 0 Å². The zero-order chi connectivity index (χ0) is 19.3. The number of carbonyl (C=O) groups excluding carboxylic acids is 2. The van der Waals surface area contributed by atoms with Crippen LogP contribution in [0.4, 0.5) is 11.4 Å². The molecule has 28 heavy (non-hydrogen) atoms. The number of carbonyl (C=O) groups is 2. The van der Waals surface area contributed by atoms with E-state index >= 15 is 0 Å². The average Bonchev–Trinajstić information content (AvgIpc) is 2.73. The third-order valence-electron chi connectivity index (χ3n) is 5.52. The summed E-state index contributed by atoms with van der Waals surface area (Å²) in [4.78, 5) is 30.1. The van der Waals surface area contributed by atoms with Crippen molar-refractivity contribution in [1.82, 2.24) is 0 Å². The van der Waals surface area contributed by atoms with E-state index in [0.717, 1.165) is 42.6 Å². The van der Waals surface area contributed by atoms with E-state index < -0.39 is 0 Å². The van der Waals surface area contributed by atoms with Gasteiger partial charge in [0.05, 0.1) is 31.9 Å². The molecule has 0 unspecified atom stereocenters. The van der Waals surface area contributed by atoms with Gasteiger partial charge in [0.25, 0.3) is 11.8 Å². The van der Waals surface area contributed by atoms with E-state index in [4.69, 9.17) is 11.6 Å². The first-order valence-corrected chi connectivity index (χ1v) is 9.79. The van der Waals surface area contributed by atoms with Gasteiger partial charge in [-0.1, -0.05) is 23.7 Å². The SMILES string of the molecule is O=C1c2cccc3c(N4CC[NH2+]CC4)ccc(c23)C(=O)N1c1ccc(Cl)cc1. The maximum absolute atomic E-state index is 13.2. The number of rotatable bonds is 2. The minimum Gasteiger partial charge on any atom is -0.360 e. The number of imide groups is 1.